The summed E-state index contributed by atoms with van der Waals surface area (Å²) < 4.78 is 0. The third kappa shape index (κ3) is 2.60. The topological polar surface area (TPSA) is 25.8 Å². The van der Waals surface area contributed by atoms with E-state index in [2.05, 4.69) is 20.8 Å². The fraction of sp³-hybridized carbons (Fsp3) is 0.714. The van der Waals surface area contributed by atoms with E-state index >= 15 is 0 Å². The van der Waals surface area contributed by atoms with Crippen LogP contribution in [0, 0.1) is 6.92 Å². The van der Waals surface area contributed by atoms with Crippen molar-refractivity contribution < 1.29 is 0 Å². The van der Waals surface area contributed by atoms with Gasteiger partial charge in [-0.3, -0.25) is 9.97 Å². The molecule has 0 fully saturated rings. The molecule has 16 heavy (non-hydrogen) atoms. The number of rotatable bonds is 1. The lowest BCUT2D eigenvalue weighted by atomic mass is 9.90. The summed E-state index contributed by atoms with van der Waals surface area (Å²) in [5.74, 6) is 0.607. The van der Waals surface area contributed by atoms with Gasteiger partial charge in [-0.25, -0.2) is 0 Å². The molecule has 90 valence electrons. The number of nitrogens with zero attached hydrogens (tertiary/aromatic N) is 2. The minimum absolute atomic E-state index is 0.607. The Morgan fingerprint density at radius 3 is 2.56 bits per heavy atom. The molecule has 2 heteroatoms. The monoisotopic (exact) mass is 220 g/mol. The van der Waals surface area contributed by atoms with Crippen molar-refractivity contribution in [3.63, 3.8) is 0 Å². The molecule has 1 unspecified atom stereocenters. The molecule has 0 aliphatic heterocycles. The maximum Gasteiger partial charge on any atom is 0.0650 e. The normalized spacial score (nSPS) is 18.4. The van der Waals surface area contributed by atoms with Crippen LogP contribution in [0.3, 0.4) is 0 Å². The summed E-state index contributed by atoms with van der Waals surface area (Å²) in [5, 5.41) is 0. The second-order valence-electron chi connectivity index (χ2n) is 4.23. The van der Waals surface area contributed by atoms with Gasteiger partial charge in [0.2, 0.25) is 0 Å². The van der Waals surface area contributed by atoms with Crippen LogP contribution in [0.15, 0.2) is 0 Å². The summed E-state index contributed by atoms with van der Waals surface area (Å²) in [6.45, 7) is 10.5. The highest BCUT2D eigenvalue weighted by molar-refractivity contribution is 5.24. The highest BCUT2D eigenvalue weighted by Gasteiger charge is 2.20. The lowest BCUT2D eigenvalue weighted by molar-refractivity contribution is 0.555. The predicted octanol–water partition coefficient (Wildman–Crippen LogP) is 3.81. The van der Waals surface area contributed by atoms with E-state index in [1.165, 1.54) is 29.9 Å². The van der Waals surface area contributed by atoms with Crippen LogP contribution >= 0.6 is 0 Å². The van der Waals surface area contributed by atoms with Crippen LogP contribution in [-0.2, 0) is 12.8 Å². The van der Waals surface area contributed by atoms with Gasteiger partial charge in [0, 0.05) is 5.92 Å². The lowest BCUT2D eigenvalue weighted by Gasteiger charge is -2.21. The van der Waals surface area contributed by atoms with Crippen molar-refractivity contribution in [3.05, 3.63) is 22.8 Å². The zero-order valence-corrected chi connectivity index (χ0v) is 11.3. The molecule has 0 N–H and O–H groups in total. The minimum atomic E-state index is 0.607. The van der Waals surface area contributed by atoms with E-state index < -0.39 is 0 Å². The molecular weight excluding hydrogens is 196 g/mol. The molecule has 0 saturated carbocycles. The Morgan fingerprint density at radius 1 is 1.25 bits per heavy atom. The van der Waals surface area contributed by atoms with E-state index in [0.29, 0.717) is 5.92 Å². The number of fused-ring (bicyclic) bond motifs is 1. The maximum atomic E-state index is 4.72. The van der Waals surface area contributed by atoms with Crippen molar-refractivity contribution in [2.45, 2.75) is 66.2 Å². The molecule has 0 spiro atoms. The molecule has 1 atom stereocenters. The largest absolute Gasteiger partial charge is 0.254 e. The van der Waals surface area contributed by atoms with Gasteiger partial charge >= 0.3 is 0 Å². The van der Waals surface area contributed by atoms with Gasteiger partial charge in [0.1, 0.15) is 0 Å². The van der Waals surface area contributed by atoms with Crippen molar-refractivity contribution in [2.24, 2.45) is 0 Å². The second-order valence-corrected chi connectivity index (χ2v) is 4.23. The second kappa shape index (κ2) is 5.97. The molecule has 0 aromatic carbocycles. The molecule has 2 rings (SSSR count). The lowest BCUT2D eigenvalue weighted by Crippen LogP contribution is -2.14. The van der Waals surface area contributed by atoms with E-state index in [0.717, 1.165) is 18.5 Å². The number of hydrogen-bond donors (Lipinski definition) is 0. The highest BCUT2D eigenvalue weighted by atomic mass is 14.9. The first-order chi connectivity index (χ1) is 7.72. The van der Waals surface area contributed by atoms with Gasteiger partial charge in [0.15, 0.2) is 0 Å². The van der Waals surface area contributed by atoms with Gasteiger partial charge in [-0.15, -0.1) is 0 Å². The number of aromatic nitrogens is 2. The van der Waals surface area contributed by atoms with Gasteiger partial charge in [-0.1, -0.05) is 27.7 Å². The molecule has 1 aliphatic rings. The molecule has 0 amide bonds. The molecule has 1 aromatic heterocycles. The first kappa shape index (κ1) is 13.1. The molecular formula is C14H24N2. The Kier molecular flexibility index (Phi) is 4.91. The number of hydrogen-bond acceptors (Lipinski definition) is 2. The van der Waals surface area contributed by atoms with Crippen LogP contribution < -0.4 is 0 Å². The van der Waals surface area contributed by atoms with Gasteiger partial charge in [0.05, 0.1) is 22.8 Å². The van der Waals surface area contributed by atoms with Crippen LogP contribution in [0.4, 0.5) is 0 Å². The van der Waals surface area contributed by atoms with E-state index in [1.807, 2.05) is 13.8 Å². The third-order valence-corrected chi connectivity index (χ3v) is 3.12. The summed E-state index contributed by atoms with van der Waals surface area (Å²) in [6.07, 6.45) is 4.67. The fourth-order valence-electron chi connectivity index (χ4n) is 2.24. The summed E-state index contributed by atoms with van der Waals surface area (Å²) >= 11 is 0. The predicted molar refractivity (Wildman–Crippen MR) is 68.8 cm³/mol. The minimum Gasteiger partial charge on any atom is -0.254 e. The summed E-state index contributed by atoms with van der Waals surface area (Å²) in [4.78, 5) is 9.42. The summed E-state index contributed by atoms with van der Waals surface area (Å²) in [6, 6.07) is 0. The molecule has 1 heterocycles. The van der Waals surface area contributed by atoms with Crippen molar-refractivity contribution in [2.75, 3.05) is 0 Å². The molecule has 1 aliphatic carbocycles. The van der Waals surface area contributed by atoms with Crippen LogP contribution in [0.1, 0.15) is 69.2 Å². The number of aryl methyl sites for hydroxylation is 3. The Labute approximate surface area is 99.5 Å². The molecule has 2 nitrogen and oxygen atoms in total. The Balaban J connectivity index is 0.000000606. The quantitative estimate of drug-likeness (QED) is 0.719. The van der Waals surface area contributed by atoms with Crippen LogP contribution in [-0.4, -0.2) is 9.97 Å². The zero-order valence-electron chi connectivity index (χ0n) is 11.3. The van der Waals surface area contributed by atoms with Crippen molar-refractivity contribution in [3.8, 4) is 0 Å². The zero-order chi connectivity index (χ0) is 12.1. The van der Waals surface area contributed by atoms with Gasteiger partial charge in [-0.05, 0) is 32.6 Å². The molecule has 0 bridgehead atoms. The van der Waals surface area contributed by atoms with Crippen LogP contribution in [0.5, 0.6) is 0 Å². The van der Waals surface area contributed by atoms with Gasteiger partial charge < -0.3 is 0 Å². The van der Waals surface area contributed by atoms with Crippen molar-refractivity contribution in [1.82, 2.24) is 9.97 Å². The molecule has 1 aromatic rings. The van der Waals surface area contributed by atoms with Crippen LogP contribution in [0.25, 0.3) is 0 Å². The van der Waals surface area contributed by atoms with Crippen LogP contribution in [0.2, 0.25) is 0 Å². The van der Waals surface area contributed by atoms with Crippen molar-refractivity contribution in [1.29, 1.82) is 0 Å². The highest BCUT2D eigenvalue weighted by Crippen LogP contribution is 2.28. The van der Waals surface area contributed by atoms with Gasteiger partial charge in [-0.2, -0.15) is 0 Å². The average Bonchev–Trinajstić information content (AvgIpc) is 2.32. The molecule has 0 saturated heterocycles. The first-order valence-corrected chi connectivity index (χ1v) is 6.58. The van der Waals surface area contributed by atoms with E-state index in [1.54, 1.807) is 0 Å². The van der Waals surface area contributed by atoms with E-state index in [4.69, 9.17) is 9.97 Å². The smallest absolute Gasteiger partial charge is 0.0650 e. The standard InChI is InChI=1S/C12H18N2.C2H6/c1-4-10-9(3)13-12-8(2)6-5-7-11(12)14-10;1-2/h8H,4-7H2,1-3H3;1-2H3. The van der Waals surface area contributed by atoms with Crippen molar-refractivity contribution >= 4 is 0 Å². The Bertz CT molecular complexity index is 345. The SMILES string of the molecule is CC.CCc1nc2c(nc1C)C(C)CCC2. The maximum absolute atomic E-state index is 4.72. The van der Waals surface area contributed by atoms with E-state index in [-0.39, 0.29) is 0 Å². The van der Waals surface area contributed by atoms with Gasteiger partial charge in [0.25, 0.3) is 0 Å². The Morgan fingerprint density at radius 2 is 1.94 bits per heavy atom. The first-order valence-electron chi connectivity index (χ1n) is 6.58. The Hall–Kier alpha value is -0.920. The molecule has 0 radical (unpaired) electrons. The third-order valence-electron chi connectivity index (χ3n) is 3.12. The summed E-state index contributed by atoms with van der Waals surface area (Å²) in [5.41, 5.74) is 4.81. The average molecular weight is 220 g/mol. The summed E-state index contributed by atoms with van der Waals surface area (Å²) in [7, 11) is 0. The van der Waals surface area contributed by atoms with E-state index in [9.17, 15) is 0 Å². The fourth-order valence-corrected chi connectivity index (χ4v) is 2.24.